The summed E-state index contributed by atoms with van der Waals surface area (Å²) in [5.74, 6) is 0. The fourth-order valence-electron chi connectivity index (χ4n) is 0.0962. The number of epoxide rings is 1. The standard InChI is InChI=1S/C3H6O.6C3H6/c1-3-2-4-3;6*1-3-2/h3H,2H2,1H3;6*3H,1H2,2H3. The molecule has 1 nitrogen and oxygen atoms in total. The van der Waals surface area contributed by atoms with Gasteiger partial charge in [0.05, 0.1) is 12.7 Å². The minimum Gasteiger partial charge on any atom is -0.373 e. The van der Waals surface area contributed by atoms with Crippen LogP contribution >= 0.6 is 0 Å². The quantitative estimate of drug-likeness (QED) is 0.332. The van der Waals surface area contributed by atoms with Gasteiger partial charge in [0, 0.05) is 0 Å². The van der Waals surface area contributed by atoms with Crippen LogP contribution in [0.15, 0.2) is 75.9 Å². The van der Waals surface area contributed by atoms with Gasteiger partial charge in [0.1, 0.15) is 0 Å². The summed E-state index contributed by atoms with van der Waals surface area (Å²) >= 11 is 0. The first kappa shape index (κ1) is 37.0. The molecule has 132 valence electrons. The van der Waals surface area contributed by atoms with Crippen molar-refractivity contribution in [3.63, 3.8) is 0 Å². The Kier molecular flexibility index (Phi) is 125. The first-order valence-electron chi connectivity index (χ1n) is 7.42. The molecule has 0 amide bonds. The van der Waals surface area contributed by atoms with Gasteiger partial charge in [0.15, 0.2) is 0 Å². The molecule has 1 unspecified atom stereocenters. The van der Waals surface area contributed by atoms with E-state index >= 15 is 0 Å². The molecule has 0 spiro atoms. The Morgan fingerprint density at radius 1 is 0.591 bits per heavy atom. The zero-order chi connectivity index (χ0) is 19.2. The van der Waals surface area contributed by atoms with Gasteiger partial charge in [-0.2, -0.15) is 0 Å². The Hall–Kier alpha value is -1.60. The molecule has 1 atom stereocenters. The van der Waals surface area contributed by atoms with Crippen molar-refractivity contribution in [3.8, 4) is 0 Å². The predicted molar refractivity (Wildman–Crippen MR) is 111 cm³/mol. The lowest BCUT2D eigenvalue weighted by atomic mass is 10.6. The Bertz CT molecular complexity index is 151. The van der Waals surface area contributed by atoms with E-state index in [2.05, 4.69) is 46.4 Å². The third kappa shape index (κ3) is 2840. The van der Waals surface area contributed by atoms with Crippen molar-refractivity contribution in [2.24, 2.45) is 0 Å². The SMILES string of the molecule is C=CC.C=CC.C=CC.C=CC.C=CC.C=CC.CC1CO1. The molecule has 1 heterocycles. The lowest BCUT2D eigenvalue weighted by Crippen LogP contribution is -1.60. The van der Waals surface area contributed by atoms with E-state index in [9.17, 15) is 0 Å². The third-order valence-corrected chi connectivity index (χ3v) is 0.500. The second-order valence-corrected chi connectivity index (χ2v) is 3.59. The van der Waals surface area contributed by atoms with E-state index in [1.807, 2.05) is 41.5 Å². The molecule has 1 heteroatoms. The summed E-state index contributed by atoms with van der Waals surface area (Å²) in [5.41, 5.74) is 0. The first-order valence-corrected chi connectivity index (χ1v) is 7.42. The second kappa shape index (κ2) is 74.3. The monoisotopic (exact) mass is 310 g/mol. The van der Waals surface area contributed by atoms with Crippen molar-refractivity contribution in [2.75, 3.05) is 6.61 Å². The Morgan fingerprint density at radius 3 is 0.636 bits per heavy atom. The van der Waals surface area contributed by atoms with Crippen LogP contribution in [0, 0.1) is 0 Å². The Morgan fingerprint density at radius 2 is 0.636 bits per heavy atom. The summed E-state index contributed by atoms with van der Waals surface area (Å²) in [6.07, 6.45) is 11.1. The van der Waals surface area contributed by atoms with Crippen molar-refractivity contribution < 1.29 is 4.74 Å². The average molecular weight is 311 g/mol. The van der Waals surface area contributed by atoms with Crippen LogP contribution in [0.1, 0.15) is 48.5 Å². The van der Waals surface area contributed by atoms with Crippen LogP contribution in [0.5, 0.6) is 0 Å². The molecule has 0 aromatic rings. The Balaban J connectivity index is -0.0000000342. The molecular formula is C21H42O. The molecule has 0 saturated carbocycles. The molecule has 1 fully saturated rings. The largest absolute Gasteiger partial charge is 0.373 e. The lowest BCUT2D eigenvalue weighted by Gasteiger charge is -1.50. The number of ether oxygens (including phenoxy) is 1. The smallest absolute Gasteiger partial charge is 0.0781 e. The average Bonchev–Trinajstić information content (AvgIpc) is 3.17. The number of hydrogen-bond donors (Lipinski definition) is 0. The minimum absolute atomic E-state index is 0.583. The molecule has 1 aliphatic rings. The van der Waals surface area contributed by atoms with Gasteiger partial charge in [-0.1, -0.05) is 36.5 Å². The molecule has 0 aliphatic carbocycles. The Labute approximate surface area is 142 Å². The molecule has 1 saturated heterocycles. The summed E-state index contributed by atoms with van der Waals surface area (Å²) in [4.78, 5) is 0. The van der Waals surface area contributed by atoms with Gasteiger partial charge >= 0.3 is 0 Å². The zero-order valence-electron chi connectivity index (χ0n) is 16.4. The molecule has 1 rings (SSSR count). The van der Waals surface area contributed by atoms with Gasteiger partial charge in [-0.25, -0.2) is 0 Å². The van der Waals surface area contributed by atoms with Gasteiger partial charge in [0.2, 0.25) is 0 Å². The predicted octanol–water partition coefficient (Wildman–Crippen LogP) is 7.56. The van der Waals surface area contributed by atoms with Crippen LogP contribution in [-0.4, -0.2) is 12.7 Å². The van der Waals surface area contributed by atoms with Crippen LogP contribution in [-0.2, 0) is 4.74 Å². The fraction of sp³-hybridized carbons (Fsp3) is 0.429. The van der Waals surface area contributed by atoms with Crippen LogP contribution < -0.4 is 0 Å². The second-order valence-electron chi connectivity index (χ2n) is 3.59. The van der Waals surface area contributed by atoms with Crippen molar-refractivity contribution in [1.29, 1.82) is 0 Å². The van der Waals surface area contributed by atoms with E-state index in [4.69, 9.17) is 4.74 Å². The van der Waals surface area contributed by atoms with E-state index < -0.39 is 0 Å². The molecule has 0 N–H and O–H groups in total. The maximum Gasteiger partial charge on any atom is 0.0781 e. The van der Waals surface area contributed by atoms with Crippen LogP contribution in [0.2, 0.25) is 0 Å². The summed E-state index contributed by atoms with van der Waals surface area (Å²) in [6, 6.07) is 0. The summed E-state index contributed by atoms with van der Waals surface area (Å²) in [7, 11) is 0. The van der Waals surface area contributed by atoms with E-state index in [-0.39, 0.29) is 0 Å². The lowest BCUT2D eigenvalue weighted by molar-refractivity contribution is 0.423. The van der Waals surface area contributed by atoms with Crippen molar-refractivity contribution >= 4 is 0 Å². The fourth-order valence-corrected chi connectivity index (χ4v) is 0.0962. The van der Waals surface area contributed by atoms with Gasteiger partial charge in [0.25, 0.3) is 0 Å². The maximum absolute atomic E-state index is 4.71. The molecule has 0 aromatic carbocycles. The molecule has 22 heavy (non-hydrogen) atoms. The number of rotatable bonds is 0. The summed E-state index contributed by atoms with van der Waals surface area (Å²) in [6.45, 7) is 34.5. The zero-order valence-corrected chi connectivity index (χ0v) is 16.4. The molecule has 0 aromatic heterocycles. The number of allylic oxidation sites excluding steroid dienone is 6. The maximum atomic E-state index is 4.71. The van der Waals surface area contributed by atoms with Crippen LogP contribution in [0.3, 0.4) is 0 Å². The molecule has 0 radical (unpaired) electrons. The van der Waals surface area contributed by atoms with E-state index in [1.165, 1.54) is 0 Å². The van der Waals surface area contributed by atoms with Gasteiger partial charge < -0.3 is 4.74 Å². The number of hydrogen-bond acceptors (Lipinski definition) is 1. The molecular weight excluding hydrogens is 268 g/mol. The van der Waals surface area contributed by atoms with Crippen molar-refractivity contribution in [1.82, 2.24) is 0 Å². The van der Waals surface area contributed by atoms with Crippen LogP contribution in [0.25, 0.3) is 0 Å². The van der Waals surface area contributed by atoms with E-state index in [1.54, 1.807) is 36.5 Å². The van der Waals surface area contributed by atoms with Gasteiger partial charge in [-0.05, 0) is 48.5 Å². The van der Waals surface area contributed by atoms with E-state index in [0.717, 1.165) is 6.61 Å². The van der Waals surface area contributed by atoms with Crippen molar-refractivity contribution in [2.45, 2.75) is 54.6 Å². The highest BCUT2D eigenvalue weighted by Gasteiger charge is 2.13. The highest BCUT2D eigenvalue weighted by atomic mass is 16.6. The molecule has 0 bridgehead atoms. The minimum atomic E-state index is 0.583. The van der Waals surface area contributed by atoms with Crippen molar-refractivity contribution in [3.05, 3.63) is 75.9 Å². The van der Waals surface area contributed by atoms with Crippen LogP contribution in [0.4, 0.5) is 0 Å². The topological polar surface area (TPSA) is 12.5 Å². The summed E-state index contributed by atoms with van der Waals surface area (Å²) in [5, 5.41) is 0. The highest BCUT2D eigenvalue weighted by molar-refractivity contribution is 4.58. The first-order chi connectivity index (χ1) is 10.4. The van der Waals surface area contributed by atoms with Gasteiger partial charge in [-0.15, -0.1) is 39.5 Å². The third-order valence-electron chi connectivity index (χ3n) is 0.500. The highest BCUT2D eigenvalue weighted by Crippen LogP contribution is 2.04. The normalized spacial score (nSPS) is 10.8. The summed E-state index contributed by atoms with van der Waals surface area (Å²) < 4.78 is 4.71. The van der Waals surface area contributed by atoms with Gasteiger partial charge in [-0.3, -0.25) is 0 Å². The van der Waals surface area contributed by atoms with E-state index in [0.29, 0.717) is 6.10 Å². The molecule has 1 aliphatic heterocycles.